The van der Waals surface area contributed by atoms with E-state index in [1.165, 1.54) is 6.42 Å². The molecule has 2 aliphatic rings. The van der Waals surface area contributed by atoms with Gasteiger partial charge in [0.2, 0.25) is 11.8 Å². The van der Waals surface area contributed by atoms with Crippen LogP contribution in [0.1, 0.15) is 58.8 Å². The summed E-state index contributed by atoms with van der Waals surface area (Å²) in [5.41, 5.74) is 0. The van der Waals surface area contributed by atoms with Crippen LogP contribution in [0.5, 0.6) is 0 Å². The Morgan fingerprint density at radius 2 is 1.91 bits per heavy atom. The smallest absolute Gasteiger partial charge is 0.223 e. The minimum absolute atomic E-state index is 0.0631. The van der Waals surface area contributed by atoms with Gasteiger partial charge in [-0.05, 0) is 52.4 Å². The Morgan fingerprint density at radius 1 is 1.18 bits per heavy atom. The molecule has 2 saturated heterocycles. The summed E-state index contributed by atoms with van der Waals surface area (Å²) in [4.78, 5) is 26.2. The number of rotatable bonds is 5. The van der Waals surface area contributed by atoms with Gasteiger partial charge in [-0.15, -0.1) is 0 Å². The van der Waals surface area contributed by atoms with Gasteiger partial charge in [0, 0.05) is 38.1 Å². The number of carbonyl (C=O) groups is 2. The summed E-state index contributed by atoms with van der Waals surface area (Å²) in [6, 6.07) is 0.183. The van der Waals surface area contributed by atoms with Gasteiger partial charge in [0.1, 0.15) is 0 Å². The van der Waals surface area contributed by atoms with E-state index in [9.17, 15) is 9.59 Å². The zero-order chi connectivity index (χ0) is 15.9. The van der Waals surface area contributed by atoms with Crippen LogP contribution in [0.15, 0.2) is 0 Å². The van der Waals surface area contributed by atoms with Gasteiger partial charge < -0.3 is 15.0 Å². The summed E-state index contributed by atoms with van der Waals surface area (Å²) in [5.74, 6) is 0.419. The van der Waals surface area contributed by atoms with Crippen LogP contribution in [0.3, 0.4) is 0 Å². The molecule has 0 aliphatic carbocycles. The van der Waals surface area contributed by atoms with E-state index in [0.717, 1.165) is 38.7 Å². The van der Waals surface area contributed by atoms with Crippen LogP contribution >= 0.6 is 0 Å². The summed E-state index contributed by atoms with van der Waals surface area (Å²) in [5, 5.41) is 2.97. The molecule has 0 saturated carbocycles. The highest BCUT2D eigenvalue weighted by atomic mass is 16.5. The molecule has 0 bridgehead atoms. The third-order valence-electron chi connectivity index (χ3n) is 4.60. The molecule has 2 aliphatic heterocycles. The van der Waals surface area contributed by atoms with Crippen molar-refractivity contribution in [3.8, 4) is 0 Å². The average Bonchev–Trinajstić information content (AvgIpc) is 2.53. The standard InChI is InChI=1S/C17H30N2O3/c1-13(2)18-17(21)14-8-10-19(11-9-14)16(20)7-6-15-5-3-4-12-22-15/h13-15H,3-12H2,1-2H3,(H,18,21)/t15-/m0/s1. The molecule has 5 heteroatoms. The van der Waals surface area contributed by atoms with Gasteiger partial charge in [0.05, 0.1) is 6.10 Å². The second-order valence-electron chi connectivity index (χ2n) is 6.85. The van der Waals surface area contributed by atoms with E-state index in [0.29, 0.717) is 19.5 Å². The number of piperidine rings is 1. The molecule has 1 atom stereocenters. The van der Waals surface area contributed by atoms with E-state index >= 15 is 0 Å². The average molecular weight is 310 g/mol. The lowest BCUT2D eigenvalue weighted by Crippen LogP contribution is -2.44. The Labute approximate surface area is 133 Å². The lowest BCUT2D eigenvalue weighted by molar-refractivity contribution is -0.136. The molecule has 0 radical (unpaired) electrons. The third-order valence-corrected chi connectivity index (χ3v) is 4.60. The second-order valence-corrected chi connectivity index (χ2v) is 6.85. The van der Waals surface area contributed by atoms with Crippen molar-refractivity contribution in [3.63, 3.8) is 0 Å². The Hall–Kier alpha value is -1.10. The predicted molar refractivity (Wildman–Crippen MR) is 85.4 cm³/mol. The van der Waals surface area contributed by atoms with Crippen LogP contribution in [0, 0.1) is 5.92 Å². The molecule has 0 unspecified atom stereocenters. The summed E-state index contributed by atoms with van der Waals surface area (Å²) in [6.45, 7) is 6.21. The van der Waals surface area contributed by atoms with Gasteiger partial charge in [0.15, 0.2) is 0 Å². The van der Waals surface area contributed by atoms with E-state index in [4.69, 9.17) is 4.74 Å². The number of carbonyl (C=O) groups excluding carboxylic acids is 2. The summed E-state index contributed by atoms with van der Waals surface area (Å²) in [6.07, 6.45) is 6.71. The zero-order valence-electron chi connectivity index (χ0n) is 14.0. The van der Waals surface area contributed by atoms with Crippen LogP contribution in [0.4, 0.5) is 0 Å². The van der Waals surface area contributed by atoms with Crippen LogP contribution in [0.2, 0.25) is 0 Å². The first-order valence-electron chi connectivity index (χ1n) is 8.76. The maximum absolute atomic E-state index is 12.3. The van der Waals surface area contributed by atoms with Crippen LogP contribution in [-0.4, -0.2) is 48.6 Å². The van der Waals surface area contributed by atoms with Crippen molar-refractivity contribution < 1.29 is 14.3 Å². The molecule has 0 aromatic heterocycles. The molecule has 2 rings (SSSR count). The fourth-order valence-electron chi connectivity index (χ4n) is 3.27. The number of hydrogen-bond donors (Lipinski definition) is 1. The van der Waals surface area contributed by atoms with Gasteiger partial charge in [-0.2, -0.15) is 0 Å². The molecule has 0 spiro atoms. The first-order chi connectivity index (χ1) is 10.6. The number of nitrogens with one attached hydrogen (secondary N) is 1. The monoisotopic (exact) mass is 310 g/mol. The van der Waals surface area contributed by atoms with Gasteiger partial charge in [-0.1, -0.05) is 0 Å². The molecule has 5 nitrogen and oxygen atoms in total. The van der Waals surface area contributed by atoms with Gasteiger partial charge in [0.25, 0.3) is 0 Å². The molecular weight excluding hydrogens is 280 g/mol. The zero-order valence-corrected chi connectivity index (χ0v) is 14.0. The van der Waals surface area contributed by atoms with Crippen molar-refractivity contribution in [2.45, 2.75) is 70.9 Å². The molecule has 0 aromatic rings. The summed E-state index contributed by atoms with van der Waals surface area (Å²) < 4.78 is 5.68. The molecule has 0 aromatic carbocycles. The lowest BCUT2D eigenvalue weighted by Gasteiger charge is -2.32. The molecule has 2 fully saturated rings. The number of nitrogens with zero attached hydrogens (tertiary/aromatic N) is 1. The quantitative estimate of drug-likeness (QED) is 0.846. The lowest BCUT2D eigenvalue weighted by atomic mass is 9.95. The Balaban J connectivity index is 1.67. The normalized spacial score (nSPS) is 23.6. The first kappa shape index (κ1) is 17.3. The van der Waals surface area contributed by atoms with E-state index in [2.05, 4.69) is 5.32 Å². The van der Waals surface area contributed by atoms with Gasteiger partial charge in [-0.3, -0.25) is 9.59 Å². The Kier molecular flexibility index (Phi) is 6.68. The molecule has 2 amide bonds. The highest BCUT2D eigenvalue weighted by molar-refractivity contribution is 5.80. The minimum atomic E-state index is 0.0631. The number of likely N-dealkylation sites (tertiary alicyclic amines) is 1. The maximum Gasteiger partial charge on any atom is 0.223 e. The van der Waals surface area contributed by atoms with Crippen molar-refractivity contribution in [1.29, 1.82) is 0 Å². The molecule has 1 N–H and O–H groups in total. The molecular formula is C17H30N2O3. The predicted octanol–water partition coefficient (Wildman–Crippen LogP) is 2.10. The van der Waals surface area contributed by atoms with E-state index < -0.39 is 0 Å². The summed E-state index contributed by atoms with van der Waals surface area (Å²) in [7, 11) is 0. The van der Waals surface area contributed by atoms with Crippen molar-refractivity contribution in [2.75, 3.05) is 19.7 Å². The minimum Gasteiger partial charge on any atom is -0.378 e. The fraction of sp³-hybridized carbons (Fsp3) is 0.882. The molecule has 2 heterocycles. The molecule has 126 valence electrons. The Bertz CT molecular complexity index is 370. The van der Waals surface area contributed by atoms with E-state index in [1.54, 1.807) is 0 Å². The highest BCUT2D eigenvalue weighted by Crippen LogP contribution is 2.21. The number of amides is 2. The Morgan fingerprint density at radius 3 is 2.50 bits per heavy atom. The van der Waals surface area contributed by atoms with E-state index in [1.807, 2.05) is 18.7 Å². The van der Waals surface area contributed by atoms with Crippen molar-refractivity contribution in [2.24, 2.45) is 5.92 Å². The fourth-order valence-corrected chi connectivity index (χ4v) is 3.27. The first-order valence-corrected chi connectivity index (χ1v) is 8.76. The molecule has 22 heavy (non-hydrogen) atoms. The highest BCUT2D eigenvalue weighted by Gasteiger charge is 2.27. The van der Waals surface area contributed by atoms with Crippen LogP contribution in [0.25, 0.3) is 0 Å². The number of hydrogen-bond acceptors (Lipinski definition) is 3. The maximum atomic E-state index is 12.3. The van der Waals surface area contributed by atoms with Gasteiger partial charge >= 0.3 is 0 Å². The summed E-state index contributed by atoms with van der Waals surface area (Å²) >= 11 is 0. The topological polar surface area (TPSA) is 58.6 Å². The van der Waals surface area contributed by atoms with Crippen LogP contribution in [-0.2, 0) is 14.3 Å². The second kappa shape index (κ2) is 8.51. The number of ether oxygens (including phenoxy) is 1. The largest absolute Gasteiger partial charge is 0.378 e. The van der Waals surface area contributed by atoms with E-state index in [-0.39, 0.29) is 29.9 Å². The van der Waals surface area contributed by atoms with Crippen LogP contribution < -0.4 is 5.32 Å². The van der Waals surface area contributed by atoms with Crippen molar-refractivity contribution >= 4 is 11.8 Å². The van der Waals surface area contributed by atoms with Crippen molar-refractivity contribution in [3.05, 3.63) is 0 Å². The van der Waals surface area contributed by atoms with Crippen molar-refractivity contribution in [1.82, 2.24) is 10.2 Å². The SMILES string of the molecule is CC(C)NC(=O)C1CCN(C(=O)CC[C@@H]2CCCCO2)CC1. The van der Waals surface area contributed by atoms with Gasteiger partial charge in [-0.25, -0.2) is 0 Å². The third kappa shape index (κ3) is 5.27.